The molecule has 296 valence electrons. The highest BCUT2D eigenvalue weighted by molar-refractivity contribution is 9.10. The lowest BCUT2D eigenvalue weighted by atomic mass is 10.3. The van der Waals surface area contributed by atoms with E-state index in [0.29, 0.717) is 64.3 Å². The van der Waals surface area contributed by atoms with Crippen LogP contribution in [-0.4, -0.2) is 109 Å². The summed E-state index contributed by atoms with van der Waals surface area (Å²) in [6.07, 6.45) is 5.04. The molecule has 0 atom stereocenters. The van der Waals surface area contributed by atoms with E-state index in [1.54, 1.807) is 13.3 Å². The summed E-state index contributed by atoms with van der Waals surface area (Å²) in [5.41, 5.74) is 7.77. The molecule has 2 fully saturated rings. The SMILES string of the molecule is COc1ncc(N)cc1N1CCOCC1.COc1ncc([N+](=O)[O-])cc1Br.COc1ncc([N+](=O)[O-])cc1N1CCOCC1.O=[N+]([O-])c1cnc(Cl)c(Br)c1. The van der Waals surface area contributed by atoms with Crippen molar-refractivity contribution >= 4 is 77.6 Å². The Morgan fingerprint density at radius 1 is 0.636 bits per heavy atom. The highest BCUT2D eigenvalue weighted by Crippen LogP contribution is 2.31. The van der Waals surface area contributed by atoms with Crippen LogP contribution in [0.2, 0.25) is 5.15 Å². The summed E-state index contributed by atoms with van der Waals surface area (Å²) in [6, 6.07) is 6.01. The Labute approximate surface area is 335 Å². The molecule has 21 nitrogen and oxygen atoms in total. The maximum Gasteiger partial charge on any atom is 0.289 e. The van der Waals surface area contributed by atoms with Crippen molar-refractivity contribution in [2.45, 2.75) is 0 Å². The number of halogens is 3. The van der Waals surface area contributed by atoms with Gasteiger partial charge in [0.25, 0.3) is 17.1 Å². The van der Waals surface area contributed by atoms with E-state index in [4.69, 9.17) is 41.0 Å². The number of nitro groups is 3. The lowest BCUT2D eigenvalue weighted by Gasteiger charge is -2.29. The van der Waals surface area contributed by atoms with E-state index in [9.17, 15) is 30.3 Å². The first-order valence-electron chi connectivity index (χ1n) is 15.7. The molecule has 4 aromatic heterocycles. The summed E-state index contributed by atoms with van der Waals surface area (Å²) in [7, 11) is 4.56. The molecule has 55 heavy (non-hydrogen) atoms. The van der Waals surface area contributed by atoms with Crippen LogP contribution in [0.3, 0.4) is 0 Å². The third-order valence-electron chi connectivity index (χ3n) is 7.16. The predicted octanol–water partition coefficient (Wildman–Crippen LogP) is 5.51. The van der Waals surface area contributed by atoms with Crippen molar-refractivity contribution in [1.29, 1.82) is 0 Å². The minimum Gasteiger partial charge on any atom is -0.480 e. The molecular formula is C31H35Br2ClN10O11. The zero-order valence-electron chi connectivity index (χ0n) is 29.5. The van der Waals surface area contributed by atoms with Gasteiger partial charge < -0.3 is 39.2 Å². The first-order valence-corrected chi connectivity index (χ1v) is 17.7. The average molecular weight is 919 g/mol. The number of morpholine rings is 2. The van der Waals surface area contributed by atoms with Gasteiger partial charge in [-0.15, -0.1) is 0 Å². The highest BCUT2D eigenvalue weighted by Gasteiger charge is 2.20. The van der Waals surface area contributed by atoms with Gasteiger partial charge in [0.05, 0.1) is 83.4 Å². The van der Waals surface area contributed by atoms with Gasteiger partial charge in [0.15, 0.2) is 0 Å². The van der Waals surface area contributed by atoms with Crippen LogP contribution in [0.25, 0.3) is 0 Å². The Morgan fingerprint density at radius 2 is 1.02 bits per heavy atom. The number of anilines is 3. The lowest BCUT2D eigenvalue weighted by molar-refractivity contribution is -0.385. The van der Waals surface area contributed by atoms with Crippen molar-refractivity contribution in [2.75, 3.05) is 89.5 Å². The fourth-order valence-electron chi connectivity index (χ4n) is 4.54. The number of methoxy groups -OCH3 is 3. The molecule has 2 aliphatic heterocycles. The second-order valence-electron chi connectivity index (χ2n) is 10.6. The van der Waals surface area contributed by atoms with Crippen molar-refractivity contribution < 1.29 is 38.5 Å². The number of aromatic nitrogens is 4. The van der Waals surface area contributed by atoms with E-state index in [2.05, 4.69) is 56.7 Å². The van der Waals surface area contributed by atoms with E-state index < -0.39 is 14.8 Å². The number of nitrogens with zero attached hydrogens (tertiary/aromatic N) is 9. The second-order valence-corrected chi connectivity index (χ2v) is 12.7. The van der Waals surface area contributed by atoms with Crippen molar-refractivity contribution in [2.24, 2.45) is 0 Å². The zero-order valence-corrected chi connectivity index (χ0v) is 33.4. The number of rotatable bonds is 8. The Morgan fingerprint density at radius 3 is 1.44 bits per heavy atom. The number of nitrogen functional groups attached to an aromatic ring is 1. The van der Waals surface area contributed by atoms with Gasteiger partial charge in [-0.25, -0.2) is 19.9 Å². The molecule has 2 aliphatic rings. The van der Waals surface area contributed by atoms with Crippen LogP contribution in [-0.2, 0) is 9.47 Å². The van der Waals surface area contributed by atoms with Crippen molar-refractivity contribution in [3.05, 3.63) is 93.5 Å². The number of ether oxygens (including phenoxy) is 5. The molecule has 2 N–H and O–H groups in total. The van der Waals surface area contributed by atoms with E-state index in [-0.39, 0.29) is 22.2 Å². The largest absolute Gasteiger partial charge is 0.480 e. The molecule has 0 aliphatic carbocycles. The van der Waals surface area contributed by atoms with Crippen LogP contribution < -0.4 is 29.7 Å². The molecule has 0 saturated carbocycles. The summed E-state index contributed by atoms with van der Waals surface area (Å²) < 4.78 is 26.5. The van der Waals surface area contributed by atoms with Gasteiger partial charge in [-0.1, -0.05) is 11.6 Å². The topological polar surface area (TPSA) is 260 Å². The maximum atomic E-state index is 10.7. The third-order valence-corrected chi connectivity index (χ3v) is 8.86. The Kier molecular flexibility index (Phi) is 17.8. The standard InChI is InChI=1S/C10H13N3O4.C10H15N3O2.C6H5BrN2O3.C5H2BrClN2O2/c1-16-10-9(12-2-4-17-5-3-12)6-8(7-11-10)13(14)15;1-14-10-9(6-8(11)7-12-10)13-2-4-15-5-3-13;1-12-6-5(7)2-4(3-8-6)9(10)11;6-4-1-3(9(10)11)2-8-5(4)7/h6-7H,2-5H2,1H3;6-7H,2-5,11H2,1H3;2-3H,1H3;1-2H. The van der Waals surface area contributed by atoms with E-state index in [1.807, 2.05) is 11.0 Å². The van der Waals surface area contributed by atoms with Crippen LogP contribution in [0.4, 0.5) is 34.1 Å². The van der Waals surface area contributed by atoms with Crippen LogP contribution in [0.5, 0.6) is 17.6 Å². The smallest absolute Gasteiger partial charge is 0.289 e. The number of hydrogen-bond donors (Lipinski definition) is 1. The first kappa shape index (κ1) is 44.2. The van der Waals surface area contributed by atoms with Crippen molar-refractivity contribution in [3.8, 4) is 17.6 Å². The number of hydrogen-bond acceptors (Lipinski definition) is 18. The van der Waals surface area contributed by atoms with Gasteiger partial charge in [-0.05, 0) is 37.9 Å². The third kappa shape index (κ3) is 13.5. The summed E-state index contributed by atoms with van der Waals surface area (Å²) in [4.78, 5) is 49.1. The van der Waals surface area contributed by atoms with E-state index in [1.165, 1.54) is 38.6 Å². The molecule has 0 amide bonds. The maximum absolute atomic E-state index is 10.7. The normalized spacial score (nSPS) is 13.3. The van der Waals surface area contributed by atoms with Crippen molar-refractivity contribution in [3.63, 3.8) is 0 Å². The zero-order chi connectivity index (χ0) is 40.5. The lowest BCUT2D eigenvalue weighted by Crippen LogP contribution is -2.36. The van der Waals surface area contributed by atoms with Crippen LogP contribution in [0.15, 0.2) is 58.0 Å². The molecule has 0 aromatic carbocycles. The van der Waals surface area contributed by atoms with Gasteiger partial charge in [-0.2, -0.15) is 0 Å². The predicted molar refractivity (Wildman–Crippen MR) is 207 cm³/mol. The molecule has 0 unspecified atom stereocenters. The summed E-state index contributed by atoms with van der Waals surface area (Å²) in [5, 5.41) is 31.4. The average Bonchev–Trinajstić information content (AvgIpc) is 3.20. The number of nitrogens with two attached hydrogens (primary N) is 1. The molecule has 0 radical (unpaired) electrons. The number of pyridine rings is 4. The monoisotopic (exact) mass is 916 g/mol. The molecule has 2 saturated heterocycles. The fourth-order valence-corrected chi connectivity index (χ4v) is 5.48. The molecule has 0 bridgehead atoms. The van der Waals surface area contributed by atoms with Gasteiger partial charge >= 0.3 is 0 Å². The quantitative estimate of drug-likeness (QED) is 0.130. The van der Waals surface area contributed by atoms with Crippen molar-refractivity contribution in [1.82, 2.24) is 19.9 Å². The van der Waals surface area contributed by atoms with E-state index >= 15 is 0 Å². The van der Waals surface area contributed by atoms with Crippen LogP contribution in [0.1, 0.15) is 0 Å². The summed E-state index contributed by atoms with van der Waals surface area (Å²) in [6.45, 7) is 5.73. The minimum atomic E-state index is -0.534. The van der Waals surface area contributed by atoms with Gasteiger partial charge in [0.1, 0.15) is 35.1 Å². The first-order chi connectivity index (χ1) is 26.3. The Bertz CT molecular complexity index is 1920. The molecular weight excluding hydrogens is 884 g/mol. The van der Waals surface area contributed by atoms with Crippen LogP contribution in [0, 0.1) is 30.3 Å². The molecule has 6 heterocycles. The molecule has 4 aromatic rings. The Hall–Kier alpha value is -5.23. The summed E-state index contributed by atoms with van der Waals surface area (Å²) in [5.74, 6) is 1.35. The van der Waals surface area contributed by atoms with Gasteiger partial charge in [0, 0.05) is 44.4 Å². The fraction of sp³-hybridized carbons (Fsp3) is 0.355. The van der Waals surface area contributed by atoms with Gasteiger partial charge in [0.2, 0.25) is 17.6 Å². The minimum absolute atomic E-state index is 0.0349. The second kappa shape index (κ2) is 22.2. The van der Waals surface area contributed by atoms with Crippen LogP contribution >= 0.6 is 43.5 Å². The molecule has 6 rings (SSSR count). The van der Waals surface area contributed by atoms with Gasteiger partial charge in [-0.3, -0.25) is 30.3 Å². The summed E-state index contributed by atoms with van der Waals surface area (Å²) >= 11 is 11.6. The molecule has 0 spiro atoms. The molecule has 24 heteroatoms. The highest BCUT2D eigenvalue weighted by atomic mass is 79.9. The Balaban J connectivity index is 0.000000200. The van der Waals surface area contributed by atoms with E-state index in [0.717, 1.165) is 44.4 Å².